The second kappa shape index (κ2) is 3.86. The summed E-state index contributed by atoms with van der Waals surface area (Å²) in [6.45, 7) is 1.82. The first-order valence-electron chi connectivity index (χ1n) is 4.37. The molecule has 4 nitrogen and oxygen atoms in total. The van der Waals surface area contributed by atoms with Crippen LogP contribution in [0.25, 0.3) is 10.6 Å². The van der Waals surface area contributed by atoms with E-state index in [9.17, 15) is 4.79 Å². The lowest BCUT2D eigenvalue weighted by molar-refractivity contribution is -0.136. The van der Waals surface area contributed by atoms with E-state index in [1.807, 2.05) is 13.0 Å². The number of hydrogen-bond acceptors (Lipinski definition) is 4. The average molecular weight is 223 g/mol. The molecule has 0 unspecified atom stereocenters. The highest BCUT2D eigenvalue weighted by molar-refractivity contribution is 7.15. The zero-order valence-corrected chi connectivity index (χ0v) is 8.87. The lowest BCUT2D eigenvalue weighted by atomic mass is 10.3. The van der Waals surface area contributed by atoms with Crippen molar-refractivity contribution in [2.45, 2.75) is 13.3 Å². The number of carbonyl (C=O) groups is 1. The first kappa shape index (κ1) is 9.92. The molecule has 0 saturated carbocycles. The Hall–Kier alpha value is -1.62. The van der Waals surface area contributed by atoms with Gasteiger partial charge in [-0.05, 0) is 13.0 Å². The highest BCUT2D eigenvalue weighted by Crippen LogP contribution is 2.28. The summed E-state index contributed by atoms with van der Waals surface area (Å²) in [6, 6.07) is 1.81. The van der Waals surface area contributed by atoms with E-state index in [-0.39, 0.29) is 6.42 Å². The van der Waals surface area contributed by atoms with E-state index in [1.54, 1.807) is 12.5 Å². The second-order valence-electron chi connectivity index (χ2n) is 3.11. The molecule has 0 amide bonds. The molecule has 78 valence electrons. The van der Waals surface area contributed by atoms with E-state index in [0.717, 1.165) is 21.1 Å². The molecule has 0 aliphatic rings. The van der Waals surface area contributed by atoms with E-state index < -0.39 is 5.97 Å². The largest absolute Gasteiger partial charge is 0.481 e. The Balaban J connectivity index is 2.33. The standard InChI is InChI=1S/C10H9NO3S/c1-6-8(4-9(12)13)15-10(11-6)7-2-3-14-5-7/h2-3,5H,4H2,1H3,(H,12,13). The van der Waals surface area contributed by atoms with Gasteiger partial charge in [-0.2, -0.15) is 0 Å². The van der Waals surface area contributed by atoms with Crippen LogP contribution in [0.15, 0.2) is 23.0 Å². The van der Waals surface area contributed by atoms with Crippen molar-refractivity contribution in [3.8, 4) is 10.6 Å². The van der Waals surface area contributed by atoms with Crippen molar-refractivity contribution < 1.29 is 14.3 Å². The molecule has 1 N–H and O–H groups in total. The van der Waals surface area contributed by atoms with Gasteiger partial charge in [-0.1, -0.05) is 0 Å². The molecule has 0 radical (unpaired) electrons. The molecule has 2 heterocycles. The third-order valence-corrected chi connectivity index (χ3v) is 3.18. The van der Waals surface area contributed by atoms with Crippen LogP contribution in [0.1, 0.15) is 10.6 Å². The fraction of sp³-hybridized carbons (Fsp3) is 0.200. The summed E-state index contributed by atoms with van der Waals surface area (Å²) in [5.74, 6) is -0.833. The molecule has 15 heavy (non-hydrogen) atoms. The molecule has 0 aliphatic heterocycles. The number of carboxylic acid groups (broad SMARTS) is 1. The van der Waals surface area contributed by atoms with Crippen molar-refractivity contribution in [1.29, 1.82) is 0 Å². The van der Waals surface area contributed by atoms with Crippen LogP contribution in [-0.4, -0.2) is 16.1 Å². The number of aliphatic carboxylic acids is 1. The quantitative estimate of drug-likeness (QED) is 0.867. The van der Waals surface area contributed by atoms with Crippen LogP contribution in [0.4, 0.5) is 0 Å². The number of furan rings is 1. The Bertz CT molecular complexity index is 473. The summed E-state index contributed by atoms with van der Waals surface area (Å²) in [5.41, 5.74) is 1.67. The lowest BCUT2D eigenvalue weighted by Crippen LogP contribution is -1.99. The van der Waals surface area contributed by atoms with Crippen LogP contribution < -0.4 is 0 Å². The van der Waals surface area contributed by atoms with Gasteiger partial charge in [0.25, 0.3) is 0 Å². The van der Waals surface area contributed by atoms with Crippen LogP contribution >= 0.6 is 11.3 Å². The second-order valence-corrected chi connectivity index (χ2v) is 4.19. The molecule has 2 rings (SSSR count). The SMILES string of the molecule is Cc1nc(-c2ccoc2)sc1CC(=O)O. The van der Waals surface area contributed by atoms with E-state index in [4.69, 9.17) is 9.52 Å². The van der Waals surface area contributed by atoms with Gasteiger partial charge in [-0.25, -0.2) is 4.98 Å². The van der Waals surface area contributed by atoms with Gasteiger partial charge >= 0.3 is 5.97 Å². The van der Waals surface area contributed by atoms with Crippen LogP contribution in [0, 0.1) is 6.92 Å². The zero-order valence-electron chi connectivity index (χ0n) is 8.06. The summed E-state index contributed by atoms with van der Waals surface area (Å²) in [7, 11) is 0. The number of thiazole rings is 1. The number of aryl methyl sites for hydroxylation is 1. The number of carboxylic acids is 1. The monoisotopic (exact) mass is 223 g/mol. The maximum absolute atomic E-state index is 10.6. The van der Waals surface area contributed by atoms with Gasteiger partial charge in [0.1, 0.15) is 11.3 Å². The summed E-state index contributed by atoms with van der Waals surface area (Å²) in [5, 5.41) is 9.49. The molecule has 0 atom stereocenters. The minimum absolute atomic E-state index is 0.0291. The number of rotatable bonds is 3. The van der Waals surface area contributed by atoms with Gasteiger partial charge in [-0.15, -0.1) is 11.3 Å². The summed E-state index contributed by atoms with van der Waals surface area (Å²) in [6.07, 6.45) is 3.20. The number of nitrogens with zero attached hydrogens (tertiary/aromatic N) is 1. The molecule has 0 aliphatic carbocycles. The molecule has 0 saturated heterocycles. The molecule has 0 fully saturated rings. The molecule has 0 bridgehead atoms. The minimum Gasteiger partial charge on any atom is -0.481 e. The molecule has 0 aromatic carbocycles. The smallest absolute Gasteiger partial charge is 0.308 e. The fourth-order valence-corrected chi connectivity index (χ4v) is 2.28. The maximum Gasteiger partial charge on any atom is 0.308 e. The molecular weight excluding hydrogens is 214 g/mol. The van der Waals surface area contributed by atoms with Gasteiger partial charge in [0.2, 0.25) is 0 Å². The van der Waals surface area contributed by atoms with Crippen LogP contribution in [0.5, 0.6) is 0 Å². The summed E-state index contributed by atoms with van der Waals surface area (Å²) >= 11 is 1.39. The van der Waals surface area contributed by atoms with Crippen molar-refractivity contribution in [1.82, 2.24) is 4.98 Å². The molecular formula is C10H9NO3S. The number of aromatic nitrogens is 1. The van der Waals surface area contributed by atoms with E-state index >= 15 is 0 Å². The lowest BCUT2D eigenvalue weighted by Gasteiger charge is -1.89. The van der Waals surface area contributed by atoms with Gasteiger partial charge < -0.3 is 9.52 Å². The number of hydrogen-bond donors (Lipinski definition) is 1. The van der Waals surface area contributed by atoms with Gasteiger partial charge in [-0.3, -0.25) is 4.79 Å². The summed E-state index contributed by atoms with van der Waals surface area (Å²) in [4.78, 5) is 15.7. The van der Waals surface area contributed by atoms with Crippen molar-refractivity contribution in [3.05, 3.63) is 29.2 Å². The van der Waals surface area contributed by atoms with E-state index in [1.165, 1.54) is 11.3 Å². The Morgan fingerprint density at radius 3 is 3.07 bits per heavy atom. The molecule has 5 heteroatoms. The Kier molecular flexibility index (Phi) is 2.55. The van der Waals surface area contributed by atoms with Gasteiger partial charge in [0.05, 0.1) is 18.4 Å². The van der Waals surface area contributed by atoms with Crippen LogP contribution in [-0.2, 0) is 11.2 Å². The third kappa shape index (κ3) is 2.07. The van der Waals surface area contributed by atoms with Crippen LogP contribution in [0.3, 0.4) is 0 Å². The van der Waals surface area contributed by atoms with Crippen molar-refractivity contribution in [2.75, 3.05) is 0 Å². The normalized spacial score (nSPS) is 10.5. The van der Waals surface area contributed by atoms with Gasteiger partial charge in [0, 0.05) is 10.4 Å². The van der Waals surface area contributed by atoms with E-state index in [0.29, 0.717) is 0 Å². The molecule has 2 aromatic rings. The summed E-state index contributed by atoms with van der Waals surface area (Å²) < 4.78 is 4.95. The predicted octanol–water partition coefficient (Wildman–Crippen LogP) is 2.34. The highest BCUT2D eigenvalue weighted by Gasteiger charge is 2.12. The van der Waals surface area contributed by atoms with Crippen molar-refractivity contribution in [2.24, 2.45) is 0 Å². The first-order valence-corrected chi connectivity index (χ1v) is 5.19. The highest BCUT2D eigenvalue weighted by atomic mass is 32.1. The molecule has 0 spiro atoms. The predicted molar refractivity (Wildman–Crippen MR) is 55.9 cm³/mol. The Morgan fingerprint density at radius 2 is 2.47 bits per heavy atom. The minimum atomic E-state index is -0.833. The Labute approximate surface area is 90.2 Å². The molecule has 2 aromatic heterocycles. The topological polar surface area (TPSA) is 63.3 Å². The maximum atomic E-state index is 10.6. The van der Waals surface area contributed by atoms with E-state index in [2.05, 4.69) is 4.98 Å². The zero-order chi connectivity index (χ0) is 10.8. The van der Waals surface area contributed by atoms with Crippen molar-refractivity contribution >= 4 is 17.3 Å². The average Bonchev–Trinajstić information content (AvgIpc) is 2.75. The first-order chi connectivity index (χ1) is 7.16. The van der Waals surface area contributed by atoms with Crippen LogP contribution in [0.2, 0.25) is 0 Å². The Morgan fingerprint density at radius 1 is 1.67 bits per heavy atom. The van der Waals surface area contributed by atoms with Gasteiger partial charge in [0.15, 0.2) is 0 Å². The van der Waals surface area contributed by atoms with Crippen molar-refractivity contribution in [3.63, 3.8) is 0 Å². The third-order valence-electron chi connectivity index (χ3n) is 1.97. The fourth-order valence-electron chi connectivity index (χ4n) is 1.24.